The van der Waals surface area contributed by atoms with Crippen LogP contribution in [-0.2, 0) is 30.4 Å². The van der Waals surface area contributed by atoms with Crippen LogP contribution in [0.3, 0.4) is 0 Å². The van der Waals surface area contributed by atoms with E-state index in [1.54, 1.807) is 0 Å². The molecule has 0 radical (unpaired) electrons. The van der Waals surface area contributed by atoms with Gasteiger partial charge in [-0.3, -0.25) is 13.7 Å². The van der Waals surface area contributed by atoms with Gasteiger partial charge in [0.05, 0.1) is 0 Å². The van der Waals surface area contributed by atoms with Crippen molar-refractivity contribution >= 4 is 30.4 Å². The zero-order valence-corrected chi connectivity index (χ0v) is 22.8. The number of benzene rings is 1. The molecule has 0 aromatic heterocycles. The van der Waals surface area contributed by atoms with Crippen LogP contribution < -0.4 is 0 Å². The second-order valence-electron chi connectivity index (χ2n) is 7.46. The van der Waals surface area contributed by atoms with Gasteiger partial charge >= 0.3 is 36.3 Å². The molecule has 0 spiro atoms. The molecule has 0 fully saturated rings. The van der Waals surface area contributed by atoms with Crippen LogP contribution in [-0.4, -0.2) is 108 Å². The van der Waals surface area contributed by atoms with Gasteiger partial charge in [0.15, 0.2) is 11.5 Å². The van der Waals surface area contributed by atoms with Gasteiger partial charge in [-0.1, -0.05) is 0 Å². The third-order valence-corrected chi connectivity index (χ3v) is 5.48. The van der Waals surface area contributed by atoms with E-state index in [2.05, 4.69) is 0 Å². The molecule has 1 rings (SSSR count). The Hall–Kier alpha value is -2.70. The van der Waals surface area contributed by atoms with Crippen molar-refractivity contribution in [1.29, 1.82) is 0 Å². The van der Waals surface area contributed by atoms with Crippen LogP contribution in [0.5, 0.6) is 17.2 Å². The summed E-state index contributed by atoms with van der Waals surface area (Å²) in [7, 11) is -16.0. The van der Waals surface area contributed by atoms with E-state index in [1.165, 1.54) is 12.1 Å². The van der Waals surface area contributed by atoms with Crippen molar-refractivity contribution in [2.45, 2.75) is 36.3 Å². The van der Waals surface area contributed by atoms with E-state index in [9.17, 15) is 91.1 Å². The molecule has 0 aliphatic rings. The minimum atomic E-state index is -5.97. The minimum absolute atomic E-state index is 0.0645. The summed E-state index contributed by atoms with van der Waals surface area (Å²) in [6, 6.07) is 3.56. The number of phenols is 3. The lowest BCUT2D eigenvalue weighted by Crippen LogP contribution is -2.42. The van der Waals surface area contributed by atoms with Crippen molar-refractivity contribution < 1.29 is 120 Å². The highest BCUT2D eigenvalue weighted by atomic mass is 32.2. The molecule has 270 valence electrons. The zero-order chi connectivity index (χ0) is 37.5. The van der Waals surface area contributed by atoms with Gasteiger partial charge in [-0.05, 0) is 12.1 Å². The quantitative estimate of drug-likeness (QED) is 0.105. The van der Waals surface area contributed by atoms with Crippen LogP contribution in [0.25, 0.3) is 0 Å². The Morgan fingerprint density at radius 1 is 0.444 bits per heavy atom. The predicted molar refractivity (Wildman–Crippen MR) is 114 cm³/mol. The summed E-state index contributed by atoms with van der Waals surface area (Å²) in [4.78, 5) is 0. The van der Waals surface area contributed by atoms with Crippen molar-refractivity contribution in [3.05, 3.63) is 18.2 Å². The van der Waals surface area contributed by atoms with Crippen LogP contribution >= 0.6 is 0 Å². The van der Waals surface area contributed by atoms with E-state index in [0.29, 0.717) is 0 Å². The van der Waals surface area contributed by atoms with E-state index >= 15 is 0 Å². The van der Waals surface area contributed by atoms with Crippen molar-refractivity contribution in [3.63, 3.8) is 0 Å². The van der Waals surface area contributed by atoms with Gasteiger partial charge in [-0.15, -0.1) is 0 Å². The number of phenolic OH excluding ortho intramolecular Hbond substituents is 3. The molecule has 0 unspecified atom stereocenters. The Labute approximate surface area is 239 Å². The lowest BCUT2D eigenvalue weighted by atomic mass is 10.3. The van der Waals surface area contributed by atoms with E-state index in [0.717, 1.165) is 6.07 Å². The first kappa shape index (κ1) is 46.7. The maximum absolute atomic E-state index is 11.8. The van der Waals surface area contributed by atoms with E-state index in [-0.39, 0.29) is 17.2 Å². The Morgan fingerprint density at radius 3 is 0.778 bits per heavy atom. The van der Waals surface area contributed by atoms with E-state index in [4.69, 9.17) is 29.0 Å². The summed E-state index contributed by atoms with van der Waals surface area (Å²) in [5.41, 5.74) is 0. The molecule has 0 saturated heterocycles. The molecule has 45 heavy (non-hydrogen) atoms. The normalized spacial score (nSPS) is 13.7. The number of hydrogen-bond acceptors (Lipinski definition) is 9. The lowest BCUT2D eigenvalue weighted by Gasteiger charge is -2.17. The Morgan fingerprint density at radius 2 is 0.667 bits per heavy atom. The summed E-state index contributed by atoms with van der Waals surface area (Å²) < 4.78 is 253. The number of hydrogen-bond donors (Lipinski definition) is 6. The molecule has 1 aromatic carbocycles. The SMILES string of the molecule is O=S(=O)(O)CC(F)(F)C(F)(F)F.O=S(=O)(O)CC(F)(F)C(F)(F)F.O=S(=O)(O)CC(F)(F)C(F)(F)F.Oc1ccc(O)c(O)c1. The fourth-order valence-electron chi connectivity index (χ4n) is 1.44. The first-order chi connectivity index (χ1) is 19.1. The summed E-state index contributed by atoms with van der Waals surface area (Å²) in [6.07, 6.45) is -17.9. The second kappa shape index (κ2) is 15.3. The number of aromatic hydroxyl groups is 3. The van der Waals surface area contributed by atoms with Crippen LogP contribution in [0.15, 0.2) is 18.2 Å². The number of alkyl halides is 15. The third kappa shape index (κ3) is 20.9. The first-order valence-electron chi connectivity index (χ1n) is 9.47. The van der Waals surface area contributed by atoms with Crippen LogP contribution in [0.1, 0.15) is 0 Å². The van der Waals surface area contributed by atoms with Gasteiger partial charge < -0.3 is 15.3 Å². The summed E-state index contributed by atoms with van der Waals surface area (Å²) in [5.74, 6) is -24.8. The summed E-state index contributed by atoms with van der Waals surface area (Å²) in [6.45, 7) is 0. The molecule has 1 aromatic rings. The van der Waals surface area contributed by atoms with E-state index < -0.39 is 83.9 Å². The van der Waals surface area contributed by atoms with Gasteiger partial charge in [0.1, 0.15) is 23.0 Å². The highest BCUT2D eigenvalue weighted by Gasteiger charge is 2.61. The fraction of sp³-hybridized carbons (Fsp3) is 0.600. The Kier molecular flexibility index (Phi) is 15.8. The monoisotopic (exact) mass is 768 g/mol. The zero-order valence-electron chi connectivity index (χ0n) is 20.4. The molecule has 0 bridgehead atoms. The molecule has 12 nitrogen and oxygen atoms in total. The van der Waals surface area contributed by atoms with Gasteiger partial charge in [-0.2, -0.15) is 91.1 Å². The largest absolute Gasteiger partial charge is 0.508 e. The van der Waals surface area contributed by atoms with Crippen LogP contribution in [0, 0.1) is 0 Å². The number of halogens is 15. The molecule has 0 atom stereocenters. The average molecular weight is 768 g/mol. The van der Waals surface area contributed by atoms with Gasteiger partial charge in [0.2, 0.25) is 0 Å². The van der Waals surface area contributed by atoms with E-state index in [1.807, 2.05) is 0 Å². The molecule has 30 heteroatoms. The van der Waals surface area contributed by atoms with Gasteiger partial charge in [0.25, 0.3) is 30.4 Å². The van der Waals surface area contributed by atoms with Crippen molar-refractivity contribution in [3.8, 4) is 17.2 Å². The molecular formula is C15H15F15O12S3. The summed E-state index contributed by atoms with van der Waals surface area (Å²) >= 11 is 0. The Bertz CT molecular complexity index is 1280. The second-order valence-corrected chi connectivity index (χ2v) is 11.8. The van der Waals surface area contributed by atoms with Gasteiger partial charge in [0, 0.05) is 6.07 Å². The molecule has 0 amide bonds. The maximum Gasteiger partial charge on any atom is 0.454 e. The molecule has 0 saturated carbocycles. The molecule has 6 N–H and O–H groups in total. The van der Waals surface area contributed by atoms with Gasteiger partial charge in [-0.25, -0.2) is 0 Å². The molecule has 0 heterocycles. The Balaban J connectivity index is -0.000000525. The van der Waals surface area contributed by atoms with Crippen LogP contribution in [0.4, 0.5) is 65.9 Å². The molecular weight excluding hydrogens is 753 g/mol. The number of rotatable bonds is 6. The predicted octanol–water partition coefficient (Wildman–Crippen LogP) is 4.02. The molecule has 0 aliphatic heterocycles. The highest BCUT2D eigenvalue weighted by molar-refractivity contribution is 7.86. The maximum atomic E-state index is 11.8. The van der Waals surface area contributed by atoms with Crippen molar-refractivity contribution in [1.82, 2.24) is 0 Å². The minimum Gasteiger partial charge on any atom is -0.508 e. The third-order valence-electron chi connectivity index (χ3n) is 3.29. The lowest BCUT2D eigenvalue weighted by molar-refractivity contribution is -0.271. The fourth-order valence-corrected chi connectivity index (χ4v) is 3.31. The standard InChI is InChI=1S/C6H6O3.3C3H3F5O3S/c7-4-1-2-5(8)6(9)3-4;3*4-2(5,3(6,7)8)1-12(9,10)11/h1-3,7-9H;3*1H2,(H,9,10,11). The molecule has 0 aliphatic carbocycles. The first-order valence-corrected chi connectivity index (χ1v) is 14.3. The topological polar surface area (TPSA) is 224 Å². The van der Waals surface area contributed by atoms with Crippen LogP contribution in [0.2, 0.25) is 0 Å². The smallest absolute Gasteiger partial charge is 0.454 e. The van der Waals surface area contributed by atoms with Crippen molar-refractivity contribution in [2.75, 3.05) is 17.3 Å². The average Bonchev–Trinajstić information content (AvgIpc) is 2.64. The summed E-state index contributed by atoms with van der Waals surface area (Å²) in [5, 5.41) is 26.0. The highest BCUT2D eigenvalue weighted by Crippen LogP contribution is 2.37. The van der Waals surface area contributed by atoms with Crippen molar-refractivity contribution in [2.24, 2.45) is 0 Å².